The van der Waals surface area contributed by atoms with Crippen molar-refractivity contribution >= 4 is 0 Å². The lowest BCUT2D eigenvalue weighted by molar-refractivity contribution is 0.762. The Morgan fingerprint density at radius 3 is 1.67 bits per heavy atom. The maximum atomic E-state index is 3.11. The molecule has 0 rings (SSSR count). The van der Waals surface area contributed by atoms with Crippen LogP contribution >= 0.6 is 0 Å². The van der Waals surface area contributed by atoms with Gasteiger partial charge < -0.3 is 5.32 Å². The van der Waals surface area contributed by atoms with Crippen LogP contribution in [-0.2, 0) is 0 Å². The van der Waals surface area contributed by atoms with Crippen LogP contribution < -0.4 is 5.32 Å². The fourth-order valence-corrected chi connectivity index (χ4v) is 0.250. The molecule has 9 heavy (non-hydrogen) atoms. The monoisotopic (exact) mass is 128 g/mol. The molecule has 1 radical (unpaired) electrons. The van der Waals surface area contributed by atoms with Crippen molar-refractivity contribution in [2.75, 3.05) is 13.1 Å². The van der Waals surface area contributed by atoms with Gasteiger partial charge in [-0.1, -0.05) is 26.0 Å². The van der Waals surface area contributed by atoms with Crippen LogP contribution in [0.15, 0.2) is 6.08 Å². The van der Waals surface area contributed by atoms with Gasteiger partial charge in [-0.3, -0.25) is 0 Å². The maximum absolute atomic E-state index is 3.11. The molecule has 0 bridgehead atoms. The highest BCUT2D eigenvalue weighted by Crippen LogP contribution is 1.54. The number of allylic oxidation sites excluding steroid dienone is 2. The van der Waals surface area contributed by atoms with Crippen molar-refractivity contribution in [1.29, 1.82) is 0 Å². The number of rotatable bonds is 2. The first kappa shape index (κ1) is 11.5. The minimum absolute atomic E-state index is 1.09. The smallest absolute Gasteiger partial charge is 0.00775 e. The number of hydrogen-bond acceptors (Lipinski definition) is 1. The van der Waals surface area contributed by atoms with Gasteiger partial charge in [0.2, 0.25) is 0 Å². The summed E-state index contributed by atoms with van der Waals surface area (Å²) in [5.74, 6) is 0. The van der Waals surface area contributed by atoms with Crippen molar-refractivity contribution in [2.45, 2.75) is 27.7 Å². The van der Waals surface area contributed by atoms with Crippen LogP contribution in [0.25, 0.3) is 0 Å². The zero-order valence-electron chi connectivity index (χ0n) is 6.99. The van der Waals surface area contributed by atoms with Crippen molar-refractivity contribution in [1.82, 2.24) is 5.32 Å². The van der Waals surface area contributed by atoms with E-state index in [0.29, 0.717) is 0 Å². The lowest BCUT2D eigenvalue weighted by atomic mass is 10.6. The summed E-state index contributed by atoms with van der Waals surface area (Å²) in [6.07, 6.45) is 4.68. The molecule has 0 heterocycles. The third kappa shape index (κ3) is 34.3. The zero-order chi connectivity index (χ0) is 7.54. The average Bonchev–Trinajstić information content (AvgIpc) is 1.91. The highest BCUT2D eigenvalue weighted by molar-refractivity contribution is 4.58. The molecule has 1 N–H and O–H groups in total. The summed E-state index contributed by atoms with van der Waals surface area (Å²) in [6.45, 7) is 10.2. The fourth-order valence-electron chi connectivity index (χ4n) is 0.250. The normalized spacial score (nSPS) is 8.89. The van der Waals surface area contributed by atoms with Gasteiger partial charge in [-0.2, -0.15) is 0 Å². The summed E-state index contributed by atoms with van der Waals surface area (Å²) in [5.41, 5.74) is 0. The van der Waals surface area contributed by atoms with Crippen LogP contribution in [-0.4, -0.2) is 13.1 Å². The highest BCUT2D eigenvalue weighted by Gasteiger charge is 1.62. The Labute approximate surface area is 59.2 Å². The first-order valence-corrected chi connectivity index (χ1v) is 3.49. The predicted molar refractivity (Wildman–Crippen MR) is 43.4 cm³/mol. The first-order valence-electron chi connectivity index (χ1n) is 3.49. The molecule has 0 unspecified atom stereocenters. The van der Waals surface area contributed by atoms with E-state index < -0.39 is 0 Å². The molecular weight excluding hydrogens is 110 g/mol. The molecule has 0 aromatic rings. The molecular formula is C8H18N. The Balaban J connectivity index is 0. The summed E-state index contributed by atoms with van der Waals surface area (Å²) >= 11 is 0. The van der Waals surface area contributed by atoms with Gasteiger partial charge in [0, 0.05) is 0 Å². The molecule has 0 amide bonds. The molecule has 0 saturated heterocycles. The molecule has 1 nitrogen and oxygen atoms in total. The third-order valence-corrected chi connectivity index (χ3v) is 0.789. The Kier molecular flexibility index (Phi) is 20.0. The van der Waals surface area contributed by atoms with Crippen molar-refractivity contribution in [2.24, 2.45) is 0 Å². The SMILES string of the molecule is C/[C]=C/C.CCNCC. The average molecular weight is 128 g/mol. The van der Waals surface area contributed by atoms with Gasteiger partial charge in [0.05, 0.1) is 0 Å². The zero-order valence-corrected chi connectivity index (χ0v) is 6.99. The summed E-state index contributed by atoms with van der Waals surface area (Å²) in [6, 6.07) is 0. The second kappa shape index (κ2) is 15.6. The third-order valence-electron chi connectivity index (χ3n) is 0.789. The highest BCUT2D eigenvalue weighted by atomic mass is 14.8. The van der Waals surface area contributed by atoms with E-state index in [1.807, 2.05) is 19.9 Å². The standard InChI is InChI=1S/C4H11N.C4H7/c1-3-5-4-2;1-3-4-2/h5H,3-4H2,1-2H3;3H,1-2H3. The van der Waals surface area contributed by atoms with Gasteiger partial charge in [0.15, 0.2) is 0 Å². The van der Waals surface area contributed by atoms with Gasteiger partial charge in [-0.05, 0) is 26.9 Å². The van der Waals surface area contributed by atoms with Crippen LogP contribution in [0.2, 0.25) is 0 Å². The van der Waals surface area contributed by atoms with Crippen LogP contribution in [0.1, 0.15) is 27.7 Å². The van der Waals surface area contributed by atoms with Gasteiger partial charge in [-0.15, -0.1) is 0 Å². The van der Waals surface area contributed by atoms with Gasteiger partial charge in [0.1, 0.15) is 0 Å². The molecule has 0 aliphatic rings. The first-order chi connectivity index (χ1) is 4.33. The topological polar surface area (TPSA) is 12.0 Å². The molecule has 1 heteroatoms. The Hall–Kier alpha value is -0.300. The van der Waals surface area contributed by atoms with Crippen molar-refractivity contribution in [3.8, 4) is 0 Å². The molecule has 0 spiro atoms. The molecule has 0 aromatic carbocycles. The minimum atomic E-state index is 1.09. The van der Waals surface area contributed by atoms with E-state index in [9.17, 15) is 0 Å². The molecule has 55 valence electrons. The van der Waals surface area contributed by atoms with E-state index in [2.05, 4.69) is 25.2 Å². The van der Waals surface area contributed by atoms with E-state index >= 15 is 0 Å². The van der Waals surface area contributed by atoms with Crippen LogP contribution in [0.5, 0.6) is 0 Å². The lowest BCUT2D eigenvalue weighted by Crippen LogP contribution is -2.09. The van der Waals surface area contributed by atoms with Gasteiger partial charge in [-0.25, -0.2) is 0 Å². The second-order valence-corrected chi connectivity index (χ2v) is 1.53. The van der Waals surface area contributed by atoms with E-state index in [4.69, 9.17) is 0 Å². The summed E-state index contributed by atoms with van der Waals surface area (Å²) < 4.78 is 0. The molecule has 0 aromatic heterocycles. The molecule has 0 saturated carbocycles. The lowest BCUT2D eigenvalue weighted by Gasteiger charge is -1.86. The quantitative estimate of drug-likeness (QED) is 0.599. The van der Waals surface area contributed by atoms with Crippen LogP contribution in [0.3, 0.4) is 0 Å². The summed E-state index contributed by atoms with van der Waals surface area (Å²) in [7, 11) is 0. The van der Waals surface area contributed by atoms with Crippen molar-refractivity contribution < 1.29 is 0 Å². The van der Waals surface area contributed by atoms with E-state index in [1.165, 1.54) is 0 Å². The Bertz CT molecular complexity index is 42.5. The van der Waals surface area contributed by atoms with Crippen molar-refractivity contribution in [3.05, 3.63) is 12.2 Å². The fraction of sp³-hybridized carbons (Fsp3) is 0.750. The molecule has 0 fully saturated rings. The Morgan fingerprint density at radius 2 is 1.67 bits per heavy atom. The molecule has 0 aliphatic heterocycles. The molecule has 0 atom stereocenters. The minimum Gasteiger partial charge on any atom is -0.317 e. The predicted octanol–water partition coefficient (Wildman–Crippen LogP) is 2.00. The maximum Gasteiger partial charge on any atom is -0.00775 e. The molecule has 0 aliphatic carbocycles. The number of hydrogen-bond donors (Lipinski definition) is 1. The van der Waals surface area contributed by atoms with E-state index in [1.54, 1.807) is 0 Å². The summed E-state index contributed by atoms with van der Waals surface area (Å²) in [4.78, 5) is 0. The number of nitrogens with one attached hydrogen (secondary N) is 1. The van der Waals surface area contributed by atoms with Gasteiger partial charge >= 0.3 is 0 Å². The van der Waals surface area contributed by atoms with E-state index in [-0.39, 0.29) is 0 Å². The van der Waals surface area contributed by atoms with Crippen molar-refractivity contribution in [3.63, 3.8) is 0 Å². The van der Waals surface area contributed by atoms with Gasteiger partial charge in [0.25, 0.3) is 0 Å². The van der Waals surface area contributed by atoms with Crippen LogP contribution in [0.4, 0.5) is 0 Å². The Morgan fingerprint density at radius 1 is 1.33 bits per heavy atom. The largest absolute Gasteiger partial charge is 0.317 e. The van der Waals surface area contributed by atoms with E-state index in [0.717, 1.165) is 13.1 Å². The second-order valence-electron chi connectivity index (χ2n) is 1.53. The summed E-state index contributed by atoms with van der Waals surface area (Å²) in [5, 5.41) is 3.11. The van der Waals surface area contributed by atoms with Crippen LogP contribution in [0, 0.1) is 6.08 Å².